The summed E-state index contributed by atoms with van der Waals surface area (Å²) in [6.07, 6.45) is 0. The van der Waals surface area contributed by atoms with Gasteiger partial charge in [0, 0.05) is 36.3 Å². The molecule has 2 amide bonds. The van der Waals surface area contributed by atoms with E-state index in [1.54, 1.807) is 24.3 Å². The number of ether oxygens (including phenoxy) is 1. The smallest absolute Gasteiger partial charge is 0.255 e. The average Bonchev–Trinajstić information content (AvgIpc) is 2.73. The lowest BCUT2D eigenvalue weighted by Crippen LogP contribution is -2.40. The average molecular weight is 407 g/mol. The van der Waals surface area contributed by atoms with Crippen molar-refractivity contribution >= 4 is 28.4 Å². The molecule has 0 aliphatic rings. The zero-order valence-corrected chi connectivity index (χ0v) is 17.3. The van der Waals surface area contributed by atoms with Gasteiger partial charge in [0.25, 0.3) is 5.91 Å². The zero-order chi connectivity index (χ0) is 21.7. The lowest BCUT2D eigenvalue weighted by atomic mass is 10.1. The fourth-order valence-electron chi connectivity index (χ4n) is 3.26. The van der Waals surface area contributed by atoms with E-state index in [4.69, 9.17) is 4.74 Å². The summed E-state index contributed by atoms with van der Waals surface area (Å²) in [5.74, 6) is -0.715. The third kappa shape index (κ3) is 4.75. The van der Waals surface area contributed by atoms with Gasteiger partial charge in [-0.1, -0.05) is 30.3 Å². The number of hydrogen-bond donors (Lipinski definition) is 2. The maximum atomic E-state index is 13.3. The van der Waals surface area contributed by atoms with Crippen LogP contribution in [0, 0.1) is 13.8 Å². The maximum Gasteiger partial charge on any atom is 0.255 e. The van der Waals surface area contributed by atoms with Gasteiger partial charge in [0.1, 0.15) is 6.54 Å². The fraction of sp³-hybridized carbons (Fsp3) is 0.261. The highest BCUT2D eigenvalue weighted by molar-refractivity contribution is 6.07. The Morgan fingerprint density at radius 1 is 1.10 bits per heavy atom. The Morgan fingerprint density at radius 2 is 1.87 bits per heavy atom. The second kappa shape index (κ2) is 9.37. The number of pyridine rings is 1. The van der Waals surface area contributed by atoms with Crippen LogP contribution in [0.2, 0.25) is 0 Å². The molecular weight excluding hydrogens is 382 g/mol. The molecule has 0 aliphatic heterocycles. The molecule has 0 saturated heterocycles. The molecule has 0 fully saturated rings. The van der Waals surface area contributed by atoms with Gasteiger partial charge < -0.3 is 19.9 Å². The molecule has 1 heterocycles. The second-order valence-electron chi connectivity index (χ2n) is 7.11. The minimum Gasteiger partial charge on any atom is -0.383 e. The molecule has 0 saturated carbocycles. The minimum absolute atomic E-state index is 0.156. The van der Waals surface area contributed by atoms with Crippen molar-refractivity contribution in [3.05, 3.63) is 75.6 Å². The van der Waals surface area contributed by atoms with Crippen molar-refractivity contribution in [2.45, 2.75) is 13.8 Å². The number of nitrogens with zero attached hydrogens (tertiary/aromatic N) is 1. The summed E-state index contributed by atoms with van der Waals surface area (Å²) in [6, 6.07) is 14.0. The molecule has 156 valence electrons. The fourth-order valence-corrected chi connectivity index (χ4v) is 3.26. The first-order chi connectivity index (χ1) is 14.4. The van der Waals surface area contributed by atoms with Gasteiger partial charge in [-0.3, -0.25) is 14.4 Å². The van der Waals surface area contributed by atoms with E-state index < -0.39 is 5.91 Å². The summed E-state index contributed by atoms with van der Waals surface area (Å²) in [7, 11) is 1.53. The third-order valence-corrected chi connectivity index (χ3v) is 5.05. The normalized spacial score (nSPS) is 10.8. The number of para-hydroxylation sites is 1. The SMILES string of the molecule is COCCN(CC(=O)Nc1cccc(C)c1C)C(=O)c1cc(=O)[nH]c2ccccc12. The minimum atomic E-state index is -0.398. The van der Waals surface area contributed by atoms with Crippen LogP contribution in [0.3, 0.4) is 0 Å². The van der Waals surface area contributed by atoms with Gasteiger partial charge in [-0.2, -0.15) is 0 Å². The number of rotatable bonds is 7. The Balaban J connectivity index is 1.87. The van der Waals surface area contributed by atoms with Crippen LogP contribution < -0.4 is 10.9 Å². The first-order valence-corrected chi connectivity index (χ1v) is 9.67. The van der Waals surface area contributed by atoms with E-state index in [1.807, 2.05) is 32.0 Å². The van der Waals surface area contributed by atoms with Gasteiger partial charge in [-0.25, -0.2) is 0 Å². The van der Waals surface area contributed by atoms with E-state index in [-0.39, 0.29) is 36.7 Å². The highest BCUT2D eigenvalue weighted by Crippen LogP contribution is 2.19. The van der Waals surface area contributed by atoms with Crippen LogP contribution in [0.25, 0.3) is 10.9 Å². The maximum absolute atomic E-state index is 13.3. The van der Waals surface area contributed by atoms with Crippen molar-refractivity contribution in [1.82, 2.24) is 9.88 Å². The van der Waals surface area contributed by atoms with Gasteiger partial charge in [0.05, 0.1) is 12.2 Å². The molecular formula is C23H25N3O4. The van der Waals surface area contributed by atoms with Crippen LogP contribution in [0.15, 0.2) is 53.3 Å². The molecule has 0 spiro atoms. The largest absolute Gasteiger partial charge is 0.383 e. The Hall–Kier alpha value is -3.45. The second-order valence-corrected chi connectivity index (χ2v) is 7.11. The number of H-pyrrole nitrogens is 1. The van der Waals surface area contributed by atoms with Crippen LogP contribution in [-0.2, 0) is 9.53 Å². The van der Waals surface area contributed by atoms with E-state index >= 15 is 0 Å². The molecule has 0 atom stereocenters. The van der Waals surface area contributed by atoms with Gasteiger partial charge in [-0.05, 0) is 37.1 Å². The highest BCUT2D eigenvalue weighted by Gasteiger charge is 2.21. The number of carbonyl (C=O) groups is 2. The zero-order valence-electron chi connectivity index (χ0n) is 17.3. The first-order valence-electron chi connectivity index (χ1n) is 9.67. The number of aromatic amines is 1. The lowest BCUT2D eigenvalue weighted by Gasteiger charge is -2.23. The van der Waals surface area contributed by atoms with E-state index in [2.05, 4.69) is 10.3 Å². The topological polar surface area (TPSA) is 91.5 Å². The van der Waals surface area contributed by atoms with Crippen LogP contribution in [0.5, 0.6) is 0 Å². The number of amides is 2. The van der Waals surface area contributed by atoms with Crippen molar-refractivity contribution in [1.29, 1.82) is 0 Å². The Kier molecular flexibility index (Phi) is 6.64. The molecule has 0 bridgehead atoms. The Bertz CT molecular complexity index is 1140. The van der Waals surface area contributed by atoms with Gasteiger partial charge >= 0.3 is 0 Å². The summed E-state index contributed by atoms with van der Waals surface area (Å²) >= 11 is 0. The molecule has 30 heavy (non-hydrogen) atoms. The number of aromatic nitrogens is 1. The quantitative estimate of drug-likeness (QED) is 0.630. The Morgan fingerprint density at radius 3 is 2.63 bits per heavy atom. The Labute approximate surface area is 174 Å². The monoisotopic (exact) mass is 407 g/mol. The number of nitrogens with one attached hydrogen (secondary N) is 2. The molecule has 0 aliphatic carbocycles. The molecule has 7 nitrogen and oxygen atoms in total. The molecule has 7 heteroatoms. The summed E-state index contributed by atoms with van der Waals surface area (Å²) in [5, 5.41) is 3.50. The molecule has 0 unspecified atom stereocenters. The molecule has 2 N–H and O–H groups in total. The molecule has 3 aromatic rings. The summed E-state index contributed by atoms with van der Waals surface area (Å²) in [4.78, 5) is 42.1. The highest BCUT2D eigenvalue weighted by atomic mass is 16.5. The molecule has 1 aromatic heterocycles. The summed E-state index contributed by atoms with van der Waals surface area (Å²) in [6.45, 7) is 4.23. The van der Waals surface area contributed by atoms with Crippen LogP contribution in [-0.4, -0.2) is 48.5 Å². The summed E-state index contributed by atoms with van der Waals surface area (Å²) in [5.41, 5.74) is 3.20. The first kappa shape index (κ1) is 21.3. The number of aryl methyl sites for hydroxylation is 1. The number of anilines is 1. The van der Waals surface area contributed by atoms with Crippen molar-refractivity contribution in [2.75, 3.05) is 32.1 Å². The van der Waals surface area contributed by atoms with Crippen molar-refractivity contribution < 1.29 is 14.3 Å². The molecule has 3 rings (SSSR count). The summed E-state index contributed by atoms with van der Waals surface area (Å²) < 4.78 is 5.11. The van der Waals surface area contributed by atoms with Gasteiger partial charge in [0.2, 0.25) is 11.5 Å². The third-order valence-electron chi connectivity index (χ3n) is 5.05. The van der Waals surface area contributed by atoms with E-state index in [1.165, 1.54) is 18.1 Å². The van der Waals surface area contributed by atoms with Crippen LogP contribution in [0.4, 0.5) is 5.69 Å². The van der Waals surface area contributed by atoms with Gasteiger partial charge in [0.15, 0.2) is 0 Å². The van der Waals surface area contributed by atoms with Crippen molar-refractivity contribution in [3.8, 4) is 0 Å². The predicted octanol–water partition coefficient (Wildman–Crippen LogP) is 2.87. The number of carbonyl (C=O) groups excluding carboxylic acids is 2. The van der Waals surface area contributed by atoms with Crippen LogP contribution >= 0.6 is 0 Å². The lowest BCUT2D eigenvalue weighted by molar-refractivity contribution is -0.117. The van der Waals surface area contributed by atoms with E-state index in [0.29, 0.717) is 16.6 Å². The standard InChI is InChI=1S/C23H25N3O4/c1-15-7-6-10-19(16(15)2)24-22(28)14-26(11-12-30-3)23(29)18-13-21(27)25-20-9-5-4-8-17(18)20/h4-10,13H,11-12,14H2,1-3H3,(H,24,28)(H,25,27). The number of benzene rings is 2. The van der Waals surface area contributed by atoms with E-state index in [9.17, 15) is 14.4 Å². The predicted molar refractivity (Wildman–Crippen MR) is 117 cm³/mol. The van der Waals surface area contributed by atoms with Crippen molar-refractivity contribution in [3.63, 3.8) is 0 Å². The number of fused-ring (bicyclic) bond motifs is 1. The van der Waals surface area contributed by atoms with Crippen LogP contribution in [0.1, 0.15) is 21.5 Å². The number of methoxy groups -OCH3 is 1. The van der Waals surface area contributed by atoms with E-state index in [0.717, 1.165) is 11.1 Å². The number of hydrogen-bond acceptors (Lipinski definition) is 4. The van der Waals surface area contributed by atoms with Gasteiger partial charge in [-0.15, -0.1) is 0 Å². The molecule has 0 radical (unpaired) electrons. The molecule has 2 aromatic carbocycles. The van der Waals surface area contributed by atoms with Crippen molar-refractivity contribution in [2.24, 2.45) is 0 Å².